The molecule has 5 nitrogen and oxygen atoms in total. The maximum Gasteiger partial charge on any atom is 0.216 e. The van der Waals surface area contributed by atoms with Crippen LogP contribution in [0.25, 0.3) is 0 Å². The predicted octanol–water partition coefficient (Wildman–Crippen LogP) is 3.60. The van der Waals surface area contributed by atoms with Crippen LogP contribution in [0.2, 0.25) is 0 Å². The van der Waals surface area contributed by atoms with Crippen molar-refractivity contribution in [2.75, 3.05) is 6.61 Å². The van der Waals surface area contributed by atoms with Crippen LogP contribution in [0, 0.1) is 25.5 Å². The van der Waals surface area contributed by atoms with Crippen molar-refractivity contribution in [3.8, 4) is 0 Å². The Balaban J connectivity index is 1.97. The van der Waals surface area contributed by atoms with E-state index in [1.807, 2.05) is 6.21 Å². The largest absolute Gasteiger partial charge is 0.370 e. The number of benzene rings is 1. The Kier molecular flexibility index (Phi) is 4.22. The normalized spacial score (nSPS) is 18.4. The Hall–Kier alpha value is -1.79. The summed E-state index contributed by atoms with van der Waals surface area (Å²) < 4.78 is 7.85. The molecule has 1 aliphatic rings. The molecule has 1 aromatic heterocycles. The van der Waals surface area contributed by atoms with Gasteiger partial charge in [-0.1, -0.05) is 17.7 Å². The molecule has 0 aliphatic carbocycles. The number of H-pyrrole nitrogens is 1. The van der Waals surface area contributed by atoms with E-state index < -0.39 is 0 Å². The van der Waals surface area contributed by atoms with Gasteiger partial charge < -0.3 is 4.74 Å². The number of hydrogen-bond donors (Lipinski definition) is 1. The molecule has 0 amide bonds. The average Bonchev–Trinajstić information content (AvgIpc) is 3.07. The highest BCUT2D eigenvalue weighted by Gasteiger charge is 2.23. The number of rotatable bonds is 3. The predicted molar refractivity (Wildman–Crippen MR) is 89.0 cm³/mol. The first-order valence-electron chi connectivity index (χ1n) is 7.47. The van der Waals surface area contributed by atoms with E-state index in [1.54, 1.807) is 4.68 Å². The van der Waals surface area contributed by atoms with Gasteiger partial charge in [0.2, 0.25) is 4.77 Å². The van der Waals surface area contributed by atoms with Crippen molar-refractivity contribution in [3.05, 3.63) is 45.0 Å². The van der Waals surface area contributed by atoms with Gasteiger partial charge in [-0.3, -0.25) is 5.10 Å². The van der Waals surface area contributed by atoms with E-state index in [0.717, 1.165) is 30.8 Å². The second-order valence-electron chi connectivity index (χ2n) is 5.76. The highest BCUT2D eigenvalue weighted by molar-refractivity contribution is 7.71. The van der Waals surface area contributed by atoms with E-state index >= 15 is 0 Å². The molecule has 1 aromatic carbocycles. The monoisotopic (exact) mass is 316 g/mol. The van der Waals surface area contributed by atoms with Crippen LogP contribution >= 0.6 is 12.2 Å². The highest BCUT2D eigenvalue weighted by atomic mass is 32.1. The molecule has 22 heavy (non-hydrogen) atoms. The summed E-state index contributed by atoms with van der Waals surface area (Å²) in [6, 6.07) is 4.31. The zero-order chi connectivity index (χ0) is 15.7. The van der Waals surface area contributed by atoms with Crippen molar-refractivity contribution in [2.45, 2.75) is 39.7 Å². The molecule has 1 saturated heterocycles. The molecule has 1 atom stereocenters. The topological polar surface area (TPSA) is 55.2 Å². The molecule has 2 aromatic rings. The van der Waals surface area contributed by atoms with E-state index in [-0.39, 0.29) is 6.10 Å². The quantitative estimate of drug-likeness (QED) is 0.695. The van der Waals surface area contributed by atoms with Gasteiger partial charge in [0.25, 0.3) is 0 Å². The van der Waals surface area contributed by atoms with Crippen molar-refractivity contribution in [3.63, 3.8) is 0 Å². The summed E-state index contributed by atoms with van der Waals surface area (Å²) in [5, 5.41) is 11.6. The molecular weight excluding hydrogens is 296 g/mol. The fourth-order valence-electron chi connectivity index (χ4n) is 2.92. The standard InChI is InChI=1S/C16H20N4OS/c1-10-7-11(2)13(12(3)8-10)9-17-20-15(18-19-16(20)22)14-5-4-6-21-14/h7-9,14H,4-6H2,1-3H3,(H,19,22)/b17-9-/t14-/m1/s1. The molecule has 0 bridgehead atoms. The molecule has 1 N–H and O–H groups in total. The first-order chi connectivity index (χ1) is 10.6. The van der Waals surface area contributed by atoms with Gasteiger partial charge in [0.1, 0.15) is 6.10 Å². The van der Waals surface area contributed by atoms with E-state index in [9.17, 15) is 0 Å². The first kappa shape index (κ1) is 15.1. The third-order valence-corrected chi connectivity index (χ3v) is 4.20. The molecule has 0 unspecified atom stereocenters. The summed E-state index contributed by atoms with van der Waals surface area (Å²) in [5.74, 6) is 0.751. The van der Waals surface area contributed by atoms with Crippen molar-refractivity contribution in [2.24, 2.45) is 5.10 Å². The Bertz CT molecular complexity index is 746. The van der Waals surface area contributed by atoms with Crippen LogP contribution in [-0.2, 0) is 4.74 Å². The summed E-state index contributed by atoms with van der Waals surface area (Å²) in [6.45, 7) is 7.06. The molecule has 2 heterocycles. The first-order valence-corrected chi connectivity index (χ1v) is 7.88. The number of aromatic amines is 1. The van der Waals surface area contributed by atoms with Gasteiger partial charge in [0.15, 0.2) is 5.82 Å². The lowest BCUT2D eigenvalue weighted by Crippen LogP contribution is -2.06. The molecule has 1 fully saturated rings. The van der Waals surface area contributed by atoms with E-state index in [4.69, 9.17) is 17.0 Å². The molecule has 116 valence electrons. The summed E-state index contributed by atoms with van der Waals surface area (Å²) >= 11 is 5.29. The van der Waals surface area contributed by atoms with Gasteiger partial charge in [-0.15, -0.1) is 0 Å². The minimum Gasteiger partial charge on any atom is -0.370 e. The third kappa shape index (κ3) is 2.89. The zero-order valence-electron chi connectivity index (χ0n) is 13.1. The number of aromatic nitrogens is 3. The fraction of sp³-hybridized carbons (Fsp3) is 0.438. The van der Waals surface area contributed by atoms with Crippen LogP contribution < -0.4 is 0 Å². The number of nitrogens with one attached hydrogen (secondary N) is 1. The molecule has 0 saturated carbocycles. The van der Waals surface area contributed by atoms with E-state index in [2.05, 4.69) is 48.2 Å². The molecule has 0 radical (unpaired) electrons. The van der Waals surface area contributed by atoms with Crippen molar-refractivity contribution in [1.82, 2.24) is 14.9 Å². The lowest BCUT2D eigenvalue weighted by molar-refractivity contribution is 0.102. The van der Waals surface area contributed by atoms with E-state index in [0.29, 0.717) is 4.77 Å². The van der Waals surface area contributed by atoms with Gasteiger partial charge >= 0.3 is 0 Å². The number of nitrogens with zero attached hydrogens (tertiary/aromatic N) is 3. The van der Waals surface area contributed by atoms with Crippen LogP contribution in [0.3, 0.4) is 0 Å². The Morgan fingerprint density at radius 3 is 2.73 bits per heavy atom. The van der Waals surface area contributed by atoms with Crippen LogP contribution in [0.4, 0.5) is 0 Å². The maximum atomic E-state index is 5.68. The van der Waals surface area contributed by atoms with Gasteiger partial charge in [-0.25, -0.2) is 0 Å². The van der Waals surface area contributed by atoms with Crippen molar-refractivity contribution in [1.29, 1.82) is 0 Å². The fourth-order valence-corrected chi connectivity index (χ4v) is 3.10. The molecular formula is C16H20N4OS. The average molecular weight is 316 g/mol. The minimum atomic E-state index is -0.0229. The Morgan fingerprint density at radius 1 is 1.36 bits per heavy atom. The minimum absolute atomic E-state index is 0.0229. The van der Waals surface area contributed by atoms with Crippen LogP contribution in [0.1, 0.15) is 47.0 Å². The summed E-state index contributed by atoms with van der Waals surface area (Å²) in [7, 11) is 0. The summed E-state index contributed by atoms with van der Waals surface area (Å²) in [4.78, 5) is 0. The van der Waals surface area contributed by atoms with Gasteiger partial charge in [-0.2, -0.15) is 14.9 Å². The number of aryl methyl sites for hydroxylation is 3. The SMILES string of the molecule is Cc1cc(C)c(/C=N\n2c([C@H]3CCCO3)n[nH]c2=S)c(C)c1. The maximum absolute atomic E-state index is 5.68. The molecule has 6 heteroatoms. The van der Waals surface area contributed by atoms with Gasteiger partial charge in [0, 0.05) is 12.2 Å². The Labute approximate surface area is 135 Å². The molecule has 0 spiro atoms. The molecule has 1 aliphatic heterocycles. The van der Waals surface area contributed by atoms with Gasteiger partial charge in [0.05, 0.1) is 6.21 Å². The van der Waals surface area contributed by atoms with Crippen LogP contribution in [-0.4, -0.2) is 27.7 Å². The summed E-state index contributed by atoms with van der Waals surface area (Å²) in [6.07, 6.45) is 3.83. The lowest BCUT2D eigenvalue weighted by Gasteiger charge is -2.09. The lowest BCUT2D eigenvalue weighted by atomic mass is 10.0. The van der Waals surface area contributed by atoms with E-state index in [1.165, 1.54) is 16.7 Å². The van der Waals surface area contributed by atoms with Crippen molar-refractivity contribution >= 4 is 18.4 Å². The second-order valence-corrected chi connectivity index (χ2v) is 6.14. The van der Waals surface area contributed by atoms with Gasteiger partial charge in [-0.05, 0) is 57.0 Å². The summed E-state index contributed by atoms with van der Waals surface area (Å²) in [5.41, 5.74) is 4.78. The number of hydrogen-bond acceptors (Lipinski definition) is 4. The van der Waals surface area contributed by atoms with Crippen LogP contribution in [0.15, 0.2) is 17.2 Å². The Morgan fingerprint density at radius 2 is 2.09 bits per heavy atom. The second kappa shape index (κ2) is 6.14. The zero-order valence-corrected chi connectivity index (χ0v) is 13.9. The number of ether oxygens (including phenoxy) is 1. The third-order valence-electron chi connectivity index (χ3n) is 3.93. The smallest absolute Gasteiger partial charge is 0.216 e. The van der Waals surface area contributed by atoms with Crippen molar-refractivity contribution < 1.29 is 4.74 Å². The van der Waals surface area contributed by atoms with Crippen LogP contribution in [0.5, 0.6) is 0 Å². The highest BCUT2D eigenvalue weighted by Crippen LogP contribution is 2.27. The molecule has 3 rings (SSSR count).